The Morgan fingerprint density at radius 1 is 1.38 bits per heavy atom. The molecule has 2 amide bonds. The summed E-state index contributed by atoms with van der Waals surface area (Å²) in [6, 6.07) is 7.06. The van der Waals surface area contributed by atoms with Crippen LogP contribution in [-0.4, -0.2) is 34.0 Å². The van der Waals surface area contributed by atoms with Crippen LogP contribution < -0.4 is 5.32 Å². The lowest BCUT2D eigenvalue weighted by molar-refractivity contribution is -0.139. The Balaban J connectivity index is 2.03. The number of carbonyl (C=O) groups is 2. The van der Waals surface area contributed by atoms with Crippen LogP contribution in [0.15, 0.2) is 41.2 Å². The number of hydrogen-bond acceptors (Lipinski definition) is 4. The summed E-state index contributed by atoms with van der Waals surface area (Å²) in [6.45, 7) is 0.330. The van der Waals surface area contributed by atoms with Crippen LogP contribution >= 0.6 is 11.3 Å². The fourth-order valence-electron chi connectivity index (χ4n) is 1.80. The molecular weight excluding hydrogens is 290 g/mol. The molecule has 21 heavy (non-hydrogen) atoms. The smallest absolute Gasteiger partial charge is 0.330 e. The molecule has 0 saturated carbocycles. The van der Waals surface area contributed by atoms with E-state index in [0.29, 0.717) is 12.1 Å². The number of aliphatic carboxylic acids is 1. The Hall–Kier alpha value is -2.41. The minimum absolute atomic E-state index is 0.330. The van der Waals surface area contributed by atoms with E-state index in [1.54, 1.807) is 42.9 Å². The second kappa shape index (κ2) is 6.85. The van der Waals surface area contributed by atoms with E-state index in [1.165, 1.54) is 16.2 Å². The average Bonchev–Trinajstić information content (AvgIpc) is 2.98. The highest BCUT2D eigenvalue weighted by Gasteiger charge is 2.23. The number of carbonyl (C=O) groups excluding carboxylic acids is 1. The number of amides is 2. The highest BCUT2D eigenvalue weighted by molar-refractivity contribution is 7.07. The highest BCUT2D eigenvalue weighted by Crippen LogP contribution is 2.13. The van der Waals surface area contributed by atoms with E-state index in [-0.39, 0.29) is 0 Å². The molecule has 0 fully saturated rings. The molecule has 0 aliphatic rings. The van der Waals surface area contributed by atoms with Gasteiger partial charge in [0.1, 0.15) is 0 Å². The first-order valence-electron chi connectivity index (χ1n) is 6.24. The molecule has 1 unspecified atom stereocenters. The Kier molecular flexibility index (Phi) is 4.89. The van der Waals surface area contributed by atoms with Gasteiger partial charge in [-0.25, -0.2) is 14.6 Å². The number of nitrogens with one attached hydrogen (secondary N) is 1. The topological polar surface area (TPSA) is 82.5 Å². The zero-order valence-corrected chi connectivity index (χ0v) is 12.2. The third kappa shape index (κ3) is 4.03. The van der Waals surface area contributed by atoms with Gasteiger partial charge in [-0.2, -0.15) is 0 Å². The van der Waals surface area contributed by atoms with Gasteiger partial charge in [0.05, 0.1) is 17.7 Å². The maximum Gasteiger partial charge on any atom is 0.330 e. The summed E-state index contributed by atoms with van der Waals surface area (Å²) in [5.41, 5.74) is 2.98. The maximum absolute atomic E-state index is 12.1. The second-order valence-corrected chi connectivity index (χ2v) is 5.19. The highest BCUT2D eigenvalue weighted by atomic mass is 32.1. The first-order valence-corrected chi connectivity index (χ1v) is 7.18. The Labute approximate surface area is 126 Å². The SMILES string of the molecule is CN(Cc1cscn1)C(=O)NC(C(=O)O)c1ccccc1. The molecule has 110 valence electrons. The van der Waals surface area contributed by atoms with E-state index < -0.39 is 18.0 Å². The van der Waals surface area contributed by atoms with Crippen molar-refractivity contribution in [2.45, 2.75) is 12.6 Å². The van der Waals surface area contributed by atoms with Gasteiger partial charge in [-0.05, 0) is 5.56 Å². The molecule has 2 rings (SSSR count). The van der Waals surface area contributed by atoms with Crippen LogP contribution in [0.25, 0.3) is 0 Å². The fraction of sp³-hybridized carbons (Fsp3) is 0.214. The van der Waals surface area contributed by atoms with Crippen LogP contribution in [0.2, 0.25) is 0 Å². The summed E-state index contributed by atoms with van der Waals surface area (Å²) >= 11 is 1.45. The summed E-state index contributed by atoms with van der Waals surface area (Å²) < 4.78 is 0. The van der Waals surface area contributed by atoms with E-state index in [4.69, 9.17) is 0 Å². The molecular formula is C14H15N3O3S. The van der Waals surface area contributed by atoms with E-state index in [0.717, 1.165) is 5.69 Å². The summed E-state index contributed by atoms with van der Waals surface area (Å²) in [5, 5.41) is 13.6. The van der Waals surface area contributed by atoms with E-state index >= 15 is 0 Å². The van der Waals surface area contributed by atoms with Crippen LogP contribution in [0.4, 0.5) is 4.79 Å². The molecule has 1 atom stereocenters. The second-order valence-electron chi connectivity index (χ2n) is 4.47. The monoisotopic (exact) mass is 305 g/mol. The lowest BCUT2D eigenvalue weighted by Crippen LogP contribution is -2.41. The Morgan fingerprint density at radius 2 is 2.10 bits per heavy atom. The standard InChI is InChI=1S/C14H15N3O3S/c1-17(7-11-8-21-9-15-11)14(20)16-12(13(18)19)10-5-3-2-4-6-10/h2-6,8-9,12H,7H2,1H3,(H,16,20)(H,18,19). The molecule has 2 aromatic rings. The third-order valence-electron chi connectivity index (χ3n) is 2.88. The molecule has 0 spiro atoms. The van der Waals surface area contributed by atoms with Crippen molar-refractivity contribution in [1.29, 1.82) is 0 Å². The van der Waals surface area contributed by atoms with Crippen molar-refractivity contribution in [1.82, 2.24) is 15.2 Å². The van der Waals surface area contributed by atoms with Gasteiger partial charge < -0.3 is 15.3 Å². The first kappa shape index (κ1) is 15.0. The summed E-state index contributed by atoms with van der Waals surface area (Å²) in [4.78, 5) is 28.9. The number of aromatic nitrogens is 1. The minimum Gasteiger partial charge on any atom is -0.479 e. The number of urea groups is 1. The van der Waals surface area contributed by atoms with E-state index in [1.807, 2.05) is 5.38 Å². The molecule has 0 bridgehead atoms. The van der Waals surface area contributed by atoms with Crippen molar-refractivity contribution in [3.63, 3.8) is 0 Å². The zero-order chi connectivity index (χ0) is 15.2. The zero-order valence-electron chi connectivity index (χ0n) is 11.4. The van der Waals surface area contributed by atoms with Crippen molar-refractivity contribution in [3.05, 3.63) is 52.5 Å². The molecule has 0 saturated heterocycles. The fourth-order valence-corrected chi connectivity index (χ4v) is 2.35. The minimum atomic E-state index is -1.10. The molecule has 7 heteroatoms. The lowest BCUT2D eigenvalue weighted by atomic mass is 10.1. The lowest BCUT2D eigenvalue weighted by Gasteiger charge is -2.21. The molecule has 1 heterocycles. The Bertz CT molecular complexity index is 601. The molecule has 0 aliphatic heterocycles. The first-order chi connectivity index (χ1) is 10.1. The predicted octanol–water partition coefficient (Wildman–Crippen LogP) is 2.11. The molecule has 0 radical (unpaired) electrons. The quantitative estimate of drug-likeness (QED) is 0.886. The number of carboxylic acid groups (broad SMARTS) is 1. The summed E-state index contributed by atoms with van der Waals surface area (Å²) in [7, 11) is 1.60. The number of nitrogens with zero attached hydrogens (tertiary/aromatic N) is 2. The van der Waals surface area contributed by atoms with Crippen molar-refractivity contribution in [2.24, 2.45) is 0 Å². The number of hydrogen-bond donors (Lipinski definition) is 2. The number of thiazole rings is 1. The summed E-state index contributed by atoms with van der Waals surface area (Å²) in [6.07, 6.45) is 0. The normalized spacial score (nSPS) is 11.7. The van der Waals surface area contributed by atoms with Gasteiger partial charge in [-0.3, -0.25) is 0 Å². The third-order valence-corrected chi connectivity index (χ3v) is 3.51. The van der Waals surface area contributed by atoms with Gasteiger partial charge in [0.25, 0.3) is 0 Å². The van der Waals surface area contributed by atoms with E-state index in [9.17, 15) is 14.7 Å². The van der Waals surface area contributed by atoms with Crippen molar-refractivity contribution < 1.29 is 14.7 Å². The number of rotatable bonds is 5. The molecule has 1 aromatic heterocycles. The van der Waals surface area contributed by atoms with Crippen molar-refractivity contribution in [2.75, 3.05) is 7.05 Å². The van der Waals surface area contributed by atoms with Gasteiger partial charge in [0, 0.05) is 12.4 Å². The van der Waals surface area contributed by atoms with E-state index in [2.05, 4.69) is 10.3 Å². The number of carboxylic acids is 1. The maximum atomic E-state index is 12.1. The van der Waals surface area contributed by atoms with Crippen LogP contribution in [0.3, 0.4) is 0 Å². The largest absolute Gasteiger partial charge is 0.479 e. The van der Waals surface area contributed by atoms with Gasteiger partial charge in [0.2, 0.25) is 0 Å². The van der Waals surface area contributed by atoms with Gasteiger partial charge in [-0.15, -0.1) is 11.3 Å². The predicted molar refractivity (Wildman–Crippen MR) is 78.9 cm³/mol. The molecule has 2 N–H and O–H groups in total. The van der Waals surface area contributed by atoms with Gasteiger partial charge in [0.15, 0.2) is 6.04 Å². The van der Waals surface area contributed by atoms with Crippen LogP contribution in [0, 0.1) is 0 Å². The van der Waals surface area contributed by atoms with Crippen molar-refractivity contribution in [3.8, 4) is 0 Å². The van der Waals surface area contributed by atoms with Crippen LogP contribution in [-0.2, 0) is 11.3 Å². The van der Waals surface area contributed by atoms with Crippen molar-refractivity contribution >= 4 is 23.3 Å². The van der Waals surface area contributed by atoms with Crippen LogP contribution in [0.1, 0.15) is 17.3 Å². The Morgan fingerprint density at radius 3 is 2.67 bits per heavy atom. The van der Waals surface area contributed by atoms with Gasteiger partial charge in [-0.1, -0.05) is 30.3 Å². The molecule has 6 nitrogen and oxygen atoms in total. The summed E-state index contributed by atoms with van der Waals surface area (Å²) in [5.74, 6) is -1.10. The molecule has 1 aromatic carbocycles. The number of benzene rings is 1. The average molecular weight is 305 g/mol. The molecule has 0 aliphatic carbocycles. The van der Waals surface area contributed by atoms with Crippen LogP contribution in [0.5, 0.6) is 0 Å². The van der Waals surface area contributed by atoms with Gasteiger partial charge >= 0.3 is 12.0 Å².